The Kier molecular flexibility index (Phi) is 4.05. The van der Waals surface area contributed by atoms with Gasteiger partial charge >= 0.3 is 0 Å². The molecule has 0 saturated carbocycles. The van der Waals surface area contributed by atoms with Gasteiger partial charge < -0.3 is 10.8 Å². The summed E-state index contributed by atoms with van der Waals surface area (Å²) in [6, 6.07) is 29.0. The van der Waals surface area contributed by atoms with Gasteiger partial charge in [0.1, 0.15) is 6.10 Å². The summed E-state index contributed by atoms with van der Waals surface area (Å²) in [5.41, 5.74) is 8.35. The maximum Gasteiger partial charge on any atom is 0.105 e. The van der Waals surface area contributed by atoms with Gasteiger partial charge in [-0.3, -0.25) is 0 Å². The van der Waals surface area contributed by atoms with Crippen molar-refractivity contribution < 1.29 is 5.11 Å². The Labute approximate surface area is 130 Å². The standard InChI is InChI=1S/C20H19NO/c21-20(17-12-6-2-7-13-17,18-14-8-3-9-15-18)19(22)16-10-4-1-5-11-16/h1-15,19,22H,21H2/t19-/m0/s1. The molecule has 0 unspecified atom stereocenters. The molecule has 0 aromatic heterocycles. The lowest BCUT2D eigenvalue weighted by atomic mass is 9.77. The van der Waals surface area contributed by atoms with Crippen LogP contribution in [0, 0.1) is 0 Å². The third kappa shape index (κ3) is 2.54. The van der Waals surface area contributed by atoms with E-state index in [0.717, 1.165) is 16.7 Å². The summed E-state index contributed by atoms with van der Waals surface area (Å²) in [5.74, 6) is 0. The van der Waals surface area contributed by atoms with Gasteiger partial charge in [-0.05, 0) is 16.7 Å². The van der Waals surface area contributed by atoms with Crippen molar-refractivity contribution >= 4 is 0 Å². The van der Waals surface area contributed by atoms with Crippen LogP contribution in [0.15, 0.2) is 91.0 Å². The molecule has 0 amide bonds. The number of rotatable bonds is 4. The number of hydrogen-bond acceptors (Lipinski definition) is 2. The second-order valence-corrected chi connectivity index (χ2v) is 5.41. The lowest BCUT2D eigenvalue weighted by Crippen LogP contribution is -2.44. The Morgan fingerprint density at radius 3 is 1.41 bits per heavy atom. The van der Waals surface area contributed by atoms with E-state index in [2.05, 4.69) is 0 Å². The van der Waals surface area contributed by atoms with Crippen LogP contribution in [0.25, 0.3) is 0 Å². The predicted molar refractivity (Wildman–Crippen MR) is 89.3 cm³/mol. The zero-order valence-electron chi connectivity index (χ0n) is 12.3. The van der Waals surface area contributed by atoms with Crippen molar-refractivity contribution in [3.63, 3.8) is 0 Å². The molecule has 22 heavy (non-hydrogen) atoms. The van der Waals surface area contributed by atoms with Crippen molar-refractivity contribution in [1.82, 2.24) is 0 Å². The van der Waals surface area contributed by atoms with E-state index in [1.165, 1.54) is 0 Å². The first-order valence-corrected chi connectivity index (χ1v) is 7.36. The first kappa shape index (κ1) is 14.5. The smallest absolute Gasteiger partial charge is 0.105 e. The first-order valence-electron chi connectivity index (χ1n) is 7.36. The van der Waals surface area contributed by atoms with E-state index in [-0.39, 0.29) is 0 Å². The number of nitrogens with two attached hydrogens (primary N) is 1. The van der Waals surface area contributed by atoms with Crippen LogP contribution < -0.4 is 5.73 Å². The summed E-state index contributed by atoms with van der Waals surface area (Å²) in [6.07, 6.45) is -0.835. The van der Waals surface area contributed by atoms with Gasteiger partial charge in [-0.25, -0.2) is 0 Å². The van der Waals surface area contributed by atoms with Crippen LogP contribution in [-0.2, 0) is 5.54 Å². The summed E-state index contributed by atoms with van der Waals surface area (Å²) in [5, 5.41) is 11.0. The summed E-state index contributed by atoms with van der Waals surface area (Å²) in [7, 11) is 0. The topological polar surface area (TPSA) is 46.2 Å². The Hall–Kier alpha value is -2.42. The van der Waals surface area contributed by atoms with Gasteiger partial charge in [-0.1, -0.05) is 91.0 Å². The minimum atomic E-state index is -0.996. The van der Waals surface area contributed by atoms with Crippen molar-refractivity contribution in [3.05, 3.63) is 108 Å². The number of aliphatic hydroxyl groups excluding tert-OH is 1. The average molecular weight is 289 g/mol. The Bertz CT molecular complexity index is 671. The van der Waals surface area contributed by atoms with Crippen molar-refractivity contribution in [2.24, 2.45) is 5.73 Å². The molecule has 3 rings (SSSR count). The zero-order chi connectivity index (χ0) is 15.4. The largest absolute Gasteiger partial charge is 0.386 e. The van der Waals surface area contributed by atoms with Crippen LogP contribution in [0.2, 0.25) is 0 Å². The number of aliphatic hydroxyl groups is 1. The van der Waals surface area contributed by atoms with Crippen LogP contribution in [0.4, 0.5) is 0 Å². The zero-order valence-corrected chi connectivity index (χ0v) is 12.3. The third-order valence-electron chi connectivity index (χ3n) is 4.05. The monoisotopic (exact) mass is 289 g/mol. The second-order valence-electron chi connectivity index (χ2n) is 5.41. The first-order chi connectivity index (χ1) is 10.7. The van der Waals surface area contributed by atoms with Gasteiger partial charge in [0.05, 0.1) is 5.54 Å². The minimum Gasteiger partial charge on any atom is -0.386 e. The van der Waals surface area contributed by atoms with E-state index in [4.69, 9.17) is 5.73 Å². The second kappa shape index (κ2) is 6.14. The van der Waals surface area contributed by atoms with Gasteiger partial charge in [0.2, 0.25) is 0 Å². The highest BCUT2D eigenvalue weighted by atomic mass is 16.3. The van der Waals surface area contributed by atoms with E-state index in [1.54, 1.807) is 0 Å². The highest BCUT2D eigenvalue weighted by molar-refractivity contribution is 5.42. The fourth-order valence-electron chi connectivity index (χ4n) is 2.81. The molecule has 1 atom stereocenters. The fraction of sp³-hybridized carbons (Fsp3) is 0.100. The SMILES string of the molecule is NC(c1ccccc1)(c1ccccc1)[C@@H](O)c1ccccc1. The van der Waals surface area contributed by atoms with E-state index < -0.39 is 11.6 Å². The molecule has 0 aliphatic carbocycles. The van der Waals surface area contributed by atoms with E-state index in [0.29, 0.717) is 0 Å². The molecule has 0 spiro atoms. The molecular formula is C20H19NO. The molecule has 0 saturated heterocycles. The molecule has 2 nitrogen and oxygen atoms in total. The van der Waals surface area contributed by atoms with Gasteiger partial charge in [0.25, 0.3) is 0 Å². The van der Waals surface area contributed by atoms with Gasteiger partial charge in [0.15, 0.2) is 0 Å². The normalized spacial score (nSPS) is 12.8. The number of hydrogen-bond donors (Lipinski definition) is 2. The quantitative estimate of drug-likeness (QED) is 0.770. The molecule has 0 aliphatic rings. The predicted octanol–water partition coefficient (Wildman–Crippen LogP) is 3.62. The molecule has 2 heteroatoms. The Morgan fingerprint density at radius 2 is 1.00 bits per heavy atom. The molecule has 110 valence electrons. The fourth-order valence-corrected chi connectivity index (χ4v) is 2.81. The average Bonchev–Trinajstić information content (AvgIpc) is 2.62. The van der Waals surface area contributed by atoms with Crippen LogP contribution in [0.5, 0.6) is 0 Å². The molecule has 3 aromatic rings. The summed E-state index contributed by atoms with van der Waals surface area (Å²) >= 11 is 0. The van der Waals surface area contributed by atoms with Crippen molar-refractivity contribution in [1.29, 1.82) is 0 Å². The van der Waals surface area contributed by atoms with Crippen molar-refractivity contribution in [2.45, 2.75) is 11.6 Å². The molecule has 0 aliphatic heterocycles. The Balaban J connectivity index is 2.16. The molecule has 3 N–H and O–H groups in total. The van der Waals surface area contributed by atoms with Gasteiger partial charge in [-0.15, -0.1) is 0 Å². The Morgan fingerprint density at radius 1 is 0.636 bits per heavy atom. The van der Waals surface area contributed by atoms with Gasteiger partial charge in [0, 0.05) is 0 Å². The lowest BCUT2D eigenvalue weighted by Gasteiger charge is -2.36. The number of benzene rings is 3. The molecule has 0 heterocycles. The van der Waals surface area contributed by atoms with E-state index >= 15 is 0 Å². The van der Waals surface area contributed by atoms with Crippen LogP contribution in [-0.4, -0.2) is 5.11 Å². The maximum absolute atomic E-state index is 11.0. The van der Waals surface area contributed by atoms with Crippen molar-refractivity contribution in [3.8, 4) is 0 Å². The lowest BCUT2D eigenvalue weighted by molar-refractivity contribution is 0.105. The summed E-state index contributed by atoms with van der Waals surface area (Å²) < 4.78 is 0. The van der Waals surface area contributed by atoms with Crippen LogP contribution in [0.1, 0.15) is 22.8 Å². The molecule has 3 aromatic carbocycles. The summed E-state index contributed by atoms with van der Waals surface area (Å²) in [6.45, 7) is 0. The summed E-state index contributed by atoms with van der Waals surface area (Å²) in [4.78, 5) is 0. The molecule has 0 radical (unpaired) electrons. The van der Waals surface area contributed by atoms with Crippen LogP contribution in [0.3, 0.4) is 0 Å². The molecular weight excluding hydrogens is 270 g/mol. The minimum absolute atomic E-state index is 0.803. The molecule has 0 bridgehead atoms. The van der Waals surface area contributed by atoms with Crippen LogP contribution >= 0.6 is 0 Å². The van der Waals surface area contributed by atoms with Crippen molar-refractivity contribution in [2.75, 3.05) is 0 Å². The van der Waals surface area contributed by atoms with E-state index in [9.17, 15) is 5.11 Å². The highest BCUT2D eigenvalue weighted by Crippen LogP contribution is 2.38. The van der Waals surface area contributed by atoms with Gasteiger partial charge in [-0.2, -0.15) is 0 Å². The molecule has 0 fully saturated rings. The third-order valence-corrected chi connectivity index (χ3v) is 4.05. The maximum atomic E-state index is 11.0. The van der Waals surface area contributed by atoms with E-state index in [1.807, 2.05) is 91.0 Å². The highest BCUT2D eigenvalue weighted by Gasteiger charge is 2.38.